The van der Waals surface area contributed by atoms with Gasteiger partial charge in [0, 0.05) is 37.8 Å². The van der Waals surface area contributed by atoms with Crippen LogP contribution in [0.5, 0.6) is 0 Å². The van der Waals surface area contributed by atoms with Crippen LogP contribution in [0, 0.1) is 19.8 Å². The van der Waals surface area contributed by atoms with E-state index in [2.05, 4.69) is 59.6 Å². The Morgan fingerprint density at radius 3 is 2.70 bits per heavy atom. The van der Waals surface area contributed by atoms with Crippen molar-refractivity contribution in [3.05, 3.63) is 53.1 Å². The molecule has 0 unspecified atom stereocenters. The second kappa shape index (κ2) is 8.40. The molecule has 3 heterocycles. The van der Waals surface area contributed by atoms with E-state index in [1.54, 1.807) is 7.11 Å². The number of methoxy groups -OCH3 is 1. The van der Waals surface area contributed by atoms with E-state index in [-0.39, 0.29) is 12.1 Å². The Morgan fingerprint density at radius 2 is 2.07 bits per heavy atom. The first-order valence-corrected chi connectivity index (χ1v) is 9.98. The molecule has 0 radical (unpaired) electrons. The van der Waals surface area contributed by atoms with Gasteiger partial charge in [-0.3, -0.25) is 4.98 Å². The van der Waals surface area contributed by atoms with Crippen molar-refractivity contribution in [1.29, 1.82) is 0 Å². The van der Waals surface area contributed by atoms with Crippen LogP contribution in [0.3, 0.4) is 0 Å². The summed E-state index contributed by atoms with van der Waals surface area (Å²) in [6, 6.07) is 8.56. The summed E-state index contributed by atoms with van der Waals surface area (Å²) in [5.41, 5.74) is 4.86. The fourth-order valence-electron chi connectivity index (χ4n) is 3.99. The number of pyridine rings is 1. The molecule has 27 heavy (non-hydrogen) atoms. The van der Waals surface area contributed by atoms with Crippen molar-refractivity contribution < 1.29 is 4.74 Å². The van der Waals surface area contributed by atoms with Gasteiger partial charge >= 0.3 is 0 Å². The molecule has 1 saturated heterocycles. The van der Waals surface area contributed by atoms with Crippen molar-refractivity contribution in [3.8, 4) is 0 Å². The van der Waals surface area contributed by atoms with E-state index in [0.29, 0.717) is 12.5 Å². The maximum atomic E-state index is 5.73. The second-order valence-electron chi connectivity index (χ2n) is 7.64. The molecule has 1 aliphatic heterocycles. The molecule has 0 aromatic carbocycles. The third-order valence-electron chi connectivity index (χ3n) is 5.21. The molecule has 5 nitrogen and oxygen atoms in total. The summed E-state index contributed by atoms with van der Waals surface area (Å²) >= 11 is 5.73. The summed E-state index contributed by atoms with van der Waals surface area (Å²) in [6.07, 6.45) is 1.85. The van der Waals surface area contributed by atoms with E-state index < -0.39 is 0 Å². The zero-order chi connectivity index (χ0) is 19.6. The lowest BCUT2D eigenvalue weighted by Gasteiger charge is -2.29. The van der Waals surface area contributed by atoms with Gasteiger partial charge in [0.25, 0.3) is 0 Å². The number of nitrogens with one attached hydrogen (secondary N) is 1. The fourth-order valence-corrected chi connectivity index (χ4v) is 4.30. The van der Waals surface area contributed by atoms with Crippen molar-refractivity contribution >= 4 is 17.3 Å². The molecule has 146 valence electrons. The van der Waals surface area contributed by atoms with Gasteiger partial charge in [0.2, 0.25) is 0 Å². The molecule has 2 aromatic heterocycles. The number of hydrogen-bond acceptors (Lipinski definition) is 3. The van der Waals surface area contributed by atoms with Crippen LogP contribution in [0.4, 0.5) is 0 Å². The molecule has 0 saturated carbocycles. The zero-order valence-electron chi connectivity index (χ0n) is 16.9. The summed E-state index contributed by atoms with van der Waals surface area (Å²) in [5.74, 6) is 0.520. The molecule has 1 N–H and O–H groups in total. The minimum absolute atomic E-state index is 0.0498. The predicted octanol–water partition coefficient (Wildman–Crippen LogP) is 3.77. The smallest absolute Gasteiger partial charge is 0.170 e. The lowest BCUT2D eigenvalue weighted by molar-refractivity contribution is 0.186. The quantitative estimate of drug-likeness (QED) is 0.734. The van der Waals surface area contributed by atoms with Gasteiger partial charge in [-0.25, -0.2) is 0 Å². The van der Waals surface area contributed by atoms with E-state index in [1.807, 2.05) is 18.3 Å². The maximum absolute atomic E-state index is 5.73. The van der Waals surface area contributed by atoms with Gasteiger partial charge in [-0.1, -0.05) is 19.9 Å². The van der Waals surface area contributed by atoms with Gasteiger partial charge in [0.15, 0.2) is 5.11 Å². The highest BCUT2D eigenvalue weighted by Crippen LogP contribution is 2.41. The first-order valence-electron chi connectivity index (χ1n) is 9.57. The Kier molecular flexibility index (Phi) is 6.17. The predicted molar refractivity (Wildman–Crippen MR) is 113 cm³/mol. The molecule has 0 amide bonds. The molecule has 2 aromatic rings. The van der Waals surface area contributed by atoms with Crippen LogP contribution in [0.25, 0.3) is 0 Å². The monoisotopic (exact) mass is 386 g/mol. The number of aromatic nitrogens is 2. The fraction of sp³-hybridized carbons (Fsp3) is 0.524. The number of thiocarbonyl (C=S) groups is 1. The van der Waals surface area contributed by atoms with E-state index in [0.717, 1.165) is 23.9 Å². The second-order valence-corrected chi connectivity index (χ2v) is 8.03. The van der Waals surface area contributed by atoms with Crippen molar-refractivity contribution in [2.24, 2.45) is 5.92 Å². The van der Waals surface area contributed by atoms with Crippen LogP contribution in [0.1, 0.15) is 48.6 Å². The Labute approximate surface area is 167 Å². The standard InChI is InChI=1S/C21H30N4OS/c1-14(2)13-25-20(17-12-15(3)24(16(17)4)10-11-26-5)19(23-21(25)27)18-8-6-7-9-22-18/h6-9,12,14,19-20H,10-11,13H2,1-5H3,(H,23,27)/t19-,20-/m0/s1. The Bertz CT molecular complexity index is 787. The molecule has 1 aliphatic rings. The zero-order valence-corrected chi connectivity index (χ0v) is 17.7. The average Bonchev–Trinajstić information content (AvgIpc) is 3.10. The lowest BCUT2D eigenvalue weighted by Crippen LogP contribution is -2.33. The van der Waals surface area contributed by atoms with Gasteiger partial charge < -0.3 is 19.5 Å². The molecule has 0 bridgehead atoms. The number of rotatable bonds is 7. The van der Waals surface area contributed by atoms with Crippen LogP contribution >= 0.6 is 12.2 Å². The highest BCUT2D eigenvalue weighted by molar-refractivity contribution is 7.80. The third kappa shape index (κ3) is 4.01. The largest absolute Gasteiger partial charge is 0.383 e. The first-order chi connectivity index (χ1) is 12.9. The lowest BCUT2D eigenvalue weighted by atomic mass is 9.96. The number of ether oxygens (including phenoxy) is 1. The van der Waals surface area contributed by atoms with Gasteiger partial charge in [0.1, 0.15) is 0 Å². The highest BCUT2D eigenvalue weighted by Gasteiger charge is 2.41. The molecule has 0 aliphatic carbocycles. The van der Waals surface area contributed by atoms with Gasteiger partial charge in [-0.2, -0.15) is 0 Å². The summed E-state index contributed by atoms with van der Waals surface area (Å²) in [5, 5.41) is 4.35. The van der Waals surface area contributed by atoms with Gasteiger partial charge in [-0.05, 0) is 55.7 Å². The normalized spacial score (nSPS) is 19.8. The first kappa shape index (κ1) is 19.8. The molecule has 1 fully saturated rings. The summed E-state index contributed by atoms with van der Waals surface area (Å²) < 4.78 is 7.63. The number of nitrogens with zero attached hydrogens (tertiary/aromatic N) is 3. The van der Waals surface area contributed by atoms with Crippen LogP contribution in [0.2, 0.25) is 0 Å². The summed E-state index contributed by atoms with van der Waals surface area (Å²) in [6.45, 7) is 11.3. The highest BCUT2D eigenvalue weighted by atomic mass is 32.1. The minimum Gasteiger partial charge on any atom is -0.383 e. The Morgan fingerprint density at radius 1 is 1.30 bits per heavy atom. The number of hydrogen-bond donors (Lipinski definition) is 1. The molecule has 6 heteroatoms. The minimum atomic E-state index is 0.0498. The van der Waals surface area contributed by atoms with E-state index in [4.69, 9.17) is 17.0 Å². The van der Waals surface area contributed by atoms with Crippen LogP contribution < -0.4 is 5.32 Å². The maximum Gasteiger partial charge on any atom is 0.170 e. The van der Waals surface area contributed by atoms with Crippen LogP contribution in [0.15, 0.2) is 30.5 Å². The Balaban J connectivity index is 2.05. The molecular formula is C21H30N4OS. The topological polar surface area (TPSA) is 42.3 Å². The average molecular weight is 387 g/mol. The summed E-state index contributed by atoms with van der Waals surface area (Å²) in [4.78, 5) is 6.95. The third-order valence-corrected chi connectivity index (χ3v) is 5.56. The van der Waals surface area contributed by atoms with Gasteiger partial charge in [0.05, 0.1) is 24.4 Å². The molecule has 3 rings (SSSR count). The van der Waals surface area contributed by atoms with E-state index >= 15 is 0 Å². The van der Waals surface area contributed by atoms with Crippen molar-refractivity contribution in [3.63, 3.8) is 0 Å². The van der Waals surface area contributed by atoms with Crippen molar-refractivity contribution in [2.45, 2.75) is 46.3 Å². The van der Waals surface area contributed by atoms with E-state index in [1.165, 1.54) is 17.0 Å². The van der Waals surface area contributed by atoms with Crippen molar-refractivity contribution in [1.82, 2.24) is 19.8 Å². The van der Waals surface area contributed by atoms with Crippen molar-refractivity contribution in [2.75, 3.05) is 20.3 Å². The van der Waals surface area contributed by atoms with Crippen LogP contribution in [-0.2, 0) is 11.3 Å². The molecule has 2 atom stereocenters. The summed E-state index contributed by atoms with van der Waals surface area (Å²) in [7, 11) is 1.75. The van der Waals surface area contributed by atoms with Gasteiger partial charge in [-0.15, -0.1) is 0 Å². The van der Waals surface area contributed by atoms with Crippen LogP contribution in [-0.4, -0.2) is 39.8 Å². The molecule has 0 spiro atoms. The molecular weight excluding hydrogens is 356 g/mol. The SMILES string of the molecule is COCCn1c(C)cc([C@H]2[C@H](c3ccccn3)NC(=S)N2CC(C)C)c1C. The van der Waals surface area contributed by atoms with E-state index in [9.17, 15) is 0 Å². The Hall–Kier alpha value is -1.92. The number of aryl methyl sites for hydroxylation is 1.